The van der Waals surface area contributed by atoms with E-state index in [-0.39, 0.29) is 0 Å². The van der Waals surface area contributed by atoms with Crippen LogP contribution in [0.25, 0.3) is 11.0 Å². The van der Waals surface area contributed by atoms with Gasteiger partial charge in [0, 0.05) is 50.1 Å². The summed E-state index contributed by atoms with van der Waals surface area (Å²) < 4.78 is 38.7. The van der Waals surface area contributed by atoms with E-state index < -0.39 is 11.7 Å². The van der Waals surface area contributed by atoms with Gasteiger partial charge in [-0.25, -0.2) is 15.0 Å². The first kappa shape index (κ1) is 29.8. The maximum atomic E-state index is 12.9. The second-order valence-corrected chi connectivity index (χ2v) is 11.6. The molecule has 0 spiro atoms. The number of nitrogen functional groups attached to an aromatic ring is 1. The van der Waals surface area contributed by atoms with Crippen molar-refractivity contribution in [3.05, 3.63) is 65.5 Å². The maximum Gasteiger partial charge on any atom is 0.416 e. The number of anilines is 5. The summed E-state index contributed by atoms with van der Waals surface area (Å²) in [6, 6.07) is 11.6. The van der Waals surface area contributed by atoms with Gasteiger partial charge in [-0.05, 0) is 81.4 Å². The number of halogens is 3. The van der Waals surface area contributed by atoms with Gasteiger partial charge in [0.1, 0.15) is 17.4 Å². The van der Waals surface area contributed by atoms with Gasteiger partial charge >= 0.3 is 6.18 Å². The van der Waals surface area contributed by atoms with Crippen LogP contribution in [-0.2, 0) is 12.7 Å². The van der Waals surface area contributed by atoms with E-state index >= 15 is 0 Å². The predicted octanol–water partition coefficient (Wildman–Crippen LogP) is 4.90. The van der Waals surface area contributed by atoms with E-state index in [1.54, 1.807) is 0 Å². The molecule has 44 heavy (non-hydrogen) atoms. The van der Waals surface area contributed by atoms with Crippen molar-refractivity contribution in [3.63, 3.8) is 0 Å². The van der Waals surface area contributed by atoms with Crippen LogP contribution in [0.5, 0.6) is 0 Å². The molecule has 2 saturated heterocycles. The highest BCUT2D eigenvalue weighted by Crippen LogP contribution is 2.31. The highest BCUT2D eigenvalue weighted by atomic mass is 19.4. The molecular formula is C31H37F3N10. The van der Waals surface area contributed by atoms with Gasteiger partial charge in [-0.2, -0.15) is 18.2 Å². The summed E-state index contributed by atoms with van der Waals surface area (Å²) in [5.74, 6) is 1.40. The minimum Gasteiger partial charge on any atom is -0.382 e. The number of likely N-dealkylation sites (tertiary alicyclic amines) is 1. The first-order valence-corrected chi connectivity index (χ1v) is 14.9. The molecule has 2 aromatic carbocycles. The second kappa shape index (κ2) is 12.4. The van der Waals surface area contributed by atoms with Gasteiger partial charge in [-0.15, -0.1) is 0 Å². The van der Waals surface area contributed by atoms with Crippen molar-refractivity contribution in [2.75, 3.05) is 67.6 Å². The van der Waals surface area contributed by atoms with Crippen molar-refractivity contribution >= 4 is 40.0 Å². The molecular weight excluding hydrogens is 569 g/mol. The lowest BCUT2D eigenvalue weighted by Gasteiger charge is -2.42. The summed E-state index contributed by atoms with van der Waals surface area (Å²) in [5, 5.41) is 6.60. The highest BCUT2D eigenvalue weighted by Gasteiger charge is 2.30. The van der Waals surface area contributed by atoms with Crippen molar-refractivity contribution in [3.8, 4) is 0 Å². The van der Waals surface area contributed by atoms with Gasteiger partial charge in [-0.1, -0.05) is 12.1 Å². The zero-order valence-corrected chi connectivity index (χ0v) is 24.9. The molecule has 2 aromatic heterocycles. The summed E-state index contributed by atoms with van der Waals surface area (Å²) in [4.78, 5) is 25.5. The largest absolute Gasteiger partial charge is 0.416 e. The number of hydrogen-bond donors (Lipinski definition) is 3. The van der Waals surface area contributed by atoms with Crippen molar-refractivity contribution < 1.29 is 13.2 Å². The lowest BCUT2D eigenvalue weighted by Crippen LogP contribution is -2.53. The van der Waals surface area contributed by atoms with Crippen LogP contribution in [0, 0.1) is 6.92 Å². The topological polar surface area (TPSA) is 111 Å². The van der Waals surface area contributed by atoms with Crippen LogP contribution >= 0.6 is 0 Å². The van der Waals surface area contributed by atoms with Crippen LogP contribution in [0.4, 0.5) is 42.1 Å². The summed E-state index contributed by atoms with van der Waals surface area (Å²) in [7, 11) is 2.19. The van der Waals surface area contributed by atoms with Crippen molar-refractivity contribution in [1.29, 1.82) is 0 Å². The quantitative estimate of drug-likeness (QED) is 0.269. The molecule has 0 saturated carbocycles. The van der Waals surface area contributed by atoms with Gasteiger partial charge in [0.15, 0.2) is 11.6 Å². The van der Waals surface area contributed by atoms with Crippen LogP contribution in [0.1, 0.15) is 29.5 Å². The number of rotatable bonds is 7. The molecule has 4 aromatic rings. The van der Waals surface area contributed by atoms with E-state index in [1.807, 2.05) is 25.1 Å². The Morgan fingerprint density at radius 3 is 2.34 bits per heavy atom. The molecule has 2 aliphatic rings. The highest BCUT2D eigenvalue weighted by molar-refractivity contribution is 5.93. The average Bonchev–Trinajstić information content (AvgIpc) is 3.02. The van der Waals surface area contributed by atoms with Gasteiger partial charge in [0.2, 0.25) is 5.95 Å². The van der Waals surface area contributed by atoms with E-state index in [1.165, 1.54) is 31.3 Å². The number of piperazine rings is 1. The molecule has 13 heteroatoms. The van der Waals surface area contributed by atoms with Gasteiger partial charge in [0.05, 0.1) is 5.56 Å². The molecule has 6 rings (SSSR count). The van der Waals surface area contributed by atoms with Crippen molar-refractivity contribution in [1.82, 2.24) is 29.7 Å². The Balaban J connectivity index is 1.17. The molecule has 0 radical (unpaired) electrons. The summed E-state index contributed by atoms with van der Waals surface area (Å²) in [5.41, 5.74) is 10.1. The van der Waals surface area contributed by atoms with Crippen LogP contribution in [0.3, 0.4) is 0 Å². The molecule has 2 fully saturated rings. The lowest BCUT2D eigenvalue weighted by molar-refractivity contribution is -0.137. The Labute approximate surface area is 254 Å². The molecule has 10 nitrogen and oxygen atoms in total. The number of fused-ring (bicyclic) bond motifs is 1. The third-order valence-electron chi connectivity index (χ3n) is 8.56. The fourth-order valence-corrected chi connectivity index (χ4v) is 5.86. The Morgan fingerprint density at radius 1 is 0.909 bits per heavy atom. The van der Waals surface area contributed by atoms with Crippen LogP contribution < -0.4 is 21.3 Å². The second-order valence-electron chi connectivity index (χ2n) is 11.6. The molecule has 2 aliphatic heterocycles. The number of aromatic nitrogens is 4. The van der Waals surface area contributed by atoms with E-state index in [2.05, 4.69) is 47.3 Å². The number of nitrogens with zero attached hydrogens (tertiary/aromatic N) is 7. The van der Waals surface area contributed by atoms with Crippen molar-refractivity contribution in [2.24, 2.45) is 0 Å². The SMILES string of the molecule is Cc1ccc(CNc2ccc(C(F)(F)F)cc2)cc1Nc1ncnc2c(N)nc(N3CCN(C4CCN(C)CC4)CC3)nc12. The van der Waals surface area contributed by atoms with Crippen LogP contribution in [-0.4, -0.2) is 82.1 Å². The van der Waals surface area contributed by atoms with Gasteiger partial charge < -0.3 is 26.2 Å². The number of piperidine rings is 1. The smallest absolute Gasteiger partial charge is 0.382 e. The Bertz CT molecular complexity index is 1600. The maximum absolute atomic E-state index is 12.9. The molecule has 0 unspecified atom stereocenters. The lowest BCUT2D eigenvalue weighted by atomic mass is 10.0. The summed E-state index contributed by atoms with van der Waals surface area (Å²) in [6.45, 7) is 8.25. The zero-order valence-electron chi connectivity index (χ0n) is 24.9. The number of nitrogens with two attached hydrogens (primary N) is 1. The number of hydrogen-bond acceptors (Lipinski definition) is 10. The summed E-state index contributed by atoms with van der Waals surface area (Å²) in [6.07, 6.45) is -0.517. The molecule has 232 valence electrons. The number of benzene rings is 2. The molecule has 4 N–H and O–H groups in total. The third kappa shape index (κ3) is 6.63. The van der Waals surface area contributed by atoms with Crippen LogP contribution in [0.15, 0.2) is 48.8 Å². The Kier molecular flexibility index (Phi) is 8.41. The molecule has 0 bridgehead atoms. The minimum atomic E-state index is -4.36. The zero-order chi connectivity index (χ0) is 30.8. The van der Waals surface area contributed by atoms with Gasteiger partial charge in [0.25, 0.3) is 0 Å². The molecule has 4 heterocycles. The Hall–Kier alpha value is -4.23. The first-order valence-electron chi connectivity index (χ1n) is 14.9. The van der Waals surface area contributed by atoms with Crippen molar-refractivity contribution in [2.45, 2.75) is 38.5 Å². The third-order valence-corrected chi connectivity index (χ3v) is 8.56. The average molecular weight is 607 g/mol. The predicted molar refractivity (Wildman–Crippen MR) is 167 cm³/mol. The van der Waals surface area contributed by atoms with E-state index in [9.17, 15) is 13.2 Å². The molecule has 0 amide bonds. The summed E-state index contributed by atoms with van der Waals surface area (Å²) >= 11 is 0. The normalized spacial score (nSPS) is 17.2. The standard InChI is InChI=1S/C31H37F3N10/c1-20-3-4-21(18-36-23-7-5-22(6-8-23)31(32,33)34)17-25(20)39-29-27-26(37-19-38-29)28(35)41-30(40-27)44-15-13-43(14-16-44)24-9-11-42(2)12-10-24/h3-8,17,19,24,36H,9-16,18H2,1-2H3,(H2,35,40,41)(H,37,38,39). The van der Waals surface area contributed by atoms with Crippen LogP contribution in [0.2, 0.25) is 0 Å². The first-order chi connectivity index (χ1) is 21.1. The number of nitrogens with one attached hydrogen (secondary N) is 2. The number of alkyl halides is 3. The van der Waals surface area contributed by atoms with E-state index in [0.717, 1.165) is 68.2 Å². The monoisotopic (exact) mass is 606 g/mol. The van der Waals surface area contributed by atoms with E-state index in [4.69, 9.17) is 10.7 Å². The molecule has 0 atom stereocenters. The fraction of sp³-hybridized carbons (Fsp3) is 0.419. The number of aryl methyl sites for hydroxylation is 1. The minimum absolute atomic E-state index is 0.305. The van der Waals surface area contributed by atoms with Gasteiger partial charge in [-0.3, -0.25) is 4.90 Å². The van der Waals surface area contributed by atoms with E-state index in [0.29, 0.717) is 46.9 Å². The Morgan fingerprint density at radius 2 is 1.64 bits per heavy atom. The fourth-order valence-electron chi connectivity index (χ4n) is 5.86. The molecule has 0 aliphatic carbocycles.